The standard InChI is InChI=1S/C8H8NO2/c10-8-5-6-3-1-2-4-7(6)9(8)11/h1-4,8,10H,5H2/q-1/p+1. The van der Waals surface area contributed by atoms with Crippen molar-refractivity contribution in [3.63, 3.8) is 0 Å². The lowest BCUT2D eigenvalue weighted by atomic mass is 10.2. The van der Waals surface area contributed by atoms with Crippen molar-refractivity contribution in [3.05, 3.63) is 35.0 Å². The normalized spacial score (nSPS) is 22.0. The largest absolute Gasteiger partial charge is 0.753 e. The second-order valence-electron chi connectivity index (χ2n) is 2.67. The second-order valence-corrected chi connectivity index (χ2v) is 2.67. The molecule has 11 heavy (non-hydrogen) atoms. The molecule has 0 saturated carbocycles. The topological polar surface area (TPSA) is 49.2 Å². The van der Waals surface area contributed by atoms with Crippen molar-refractivity contribution in [2.45, 2.75) is 12.6 Å². The predicted octanol–water partition coefficient (Wildman–Crippen LogP) is 0.598. The van der Waals surface area contributed by atoms with Crippen LogP contribution in [0, 0.1) is 5.21 Å². The molecule has 0 spiro atoms. The maximum Gasteiger partial charge on any atom is 0.227 e. The summed E-state index contributed by atoms with van der Waals surface area (Å²) in [6.07, 6.45) is -0.0768. The predicted molar refractivity (Wildman–Crippen MR) is 43.4 cm³/mol. The molecule has 1 aliphatic heterocycles. The molecule has 0 aliphatic carbocycles. The summed E-state index contributed by atoms with van der Waals surface area (Å²) < 4.78 is 0. The Bertz CT molecular complexity index is 275. The third kappa shape index (κ3) is 0.895. The Kier molecular flexibility index (Phi) is 1.34. The van der Waals surface area contributed by atoms with E-state index in [1.807, 2.05) is 18.2 Å². The van der Waals surface area contributed by atoms with E-state index in [9.17, 15) is 5.21 Å². The van der Waals surface area contributed by atoms with Crippen LogP contribution in [0.3, 0.4) is 0 Å². The highest BCUT2D eigenvalue weighted by Gasteiger charge is 2.23. The van der Waals surface area contributed by atoms with Gasteiger partial charge in [0.05, 0.1) is 6.42 Å². The molecule has 0 aromatic heterocycles. The van der Waals surface area contributed by atoms with Gasteiger partial charge in [0.15, 0.2) is 0 Å². The second kappa shape index (κ2) is 2.22. The van der Waals surface area contributed by atoms with Crippen LogP contribution in [-0.4, -0.2) is 11.3 Å². The van der Waals surface area contributed by atoms with E-state index in [-0.39, 0.29) is 0 Å². The van der Waals surface area contributed by atoms with Gasteiger partial charge in [-0.1, -0.05) is 18.2 Å². The van der Waals surface area contributed by atoms with Gasteiger partial charge in [-0.25, -0.2) is 0 Å². The zero-order valence-corrected chi connectivity index (χ0v) is 5.95. The maximum absolute atomic E-state index is 11.1. The van der Waals surface area contributed by atoms with E-state index in [4.69, 9.17) is 5.11 Å². The van der Waals surface area contributed by atoms with Crippen molar-refractivity contribution in [1.29, 1.82) is 0 Å². The number of hydrogen-bond donors (Lipinski definition) is 0. The van der Waals surface area contributed by atoms with Crippen LogP contribution in [0.1, 0.15) is 5.56 Å². The molecular weight excluding hydrogens is 142 g/mol. The van der Waals surface area contributed by atoms with Gasteiger partial charge in [0.1, 0.15) is 0 Å². The van der Waals surface area contributed by atoms with E-state index in [1.165, 1.54) is 0 Å². The van der Waals surface area contributed by atoms with Gasteiger partial charge in [0.25, 0.3) is 0 Å². The molecule has 0 amide bonds. The fraction of sp³-hybridized carbons (Fsp3) is 0.250. The summed E-state index contributed by atoms with van der Waals surface area (Å²) in [6.45, 7) is 0. The fourth-order valence-corrected chi connectivity index (χ4v) is 1.36. The van der Waals surface area contributed by atoms with Gasteiger partial charge < -0.3 is 15.4 Å². The summed E-state index contributed by atoms with van der Waals surface area (Å²) in [6, 6.07) is 7.37. The zero-order valence-electron chi connectivity index (χ0n) is 5.95. The lowest BCUT2D eigenvalue weighted by Crippen LogP contribution is -2.24. The zero-order chi connectivity index (χ0) is 7.84. The highest BCUT2D eigenvalue weighted by molar-refractivity contribution is 5.59. The van der Waals surface area contributed by atoms with E-state index >= 15 is 0 Å². The number of anilines is 1. The van der Waals surface area contributed by atoms with Crippen molar-refractivity contribution in [3.8, 4) is 0 Å². The summed E-state index contributed by atoms with van der Waals surface area (Å²) in [4.78, 5) is 0. The van der Waals surface area contributed by atoms with Crippen LogP contribution in [0.25, 0.3) is 0 Å². The summed E-state index contributed by atoms with van der Waals surface area (Å²) in [7, 11) is 0. The van der Waals surface area contributed by atoms with Gasteiger partial charge in [0, 0.05) is 5.69 Å². The molecule has 1 heterocycles. The van der Waals surface area contributed by atoms with Gasteiger partial charge in [-0.05, 0) is 11.6 Å². The van der Waals surface area contributed by atoms with Crippen molar-refractivity contribution in [2.75, 3.05) is 5.06 Å². The molecular formula is C8H9NO2. The SMILES string of the molecule is [O-]N1c2ccccc2CC1[OH2+]. The molecule has 0 radical (unpaired) electrons. The van der Waals surface area contributed by atoms with Crippen LogP contribution in [0.2, 0.25) is 0 Å². The molecule has 3 heteroatoms. The Morgan fingerprint density at radius 3 is 2.91 bits per heavy atom. The Hall–Kier alpha value is -1.06. The number of rotatable bonds is 0. The molecule has 58 valence electrons. The molecule has 0 bridgehead atoms. The minimum absolute atomic E-state index is 0.555. The Labute approximate surface area is 64.5 Å². The molecule has 0 saturated heterocycles. The van der Waals surface area contributed by atoms with Crippen molar-refractivity contribution < 1.29 is 5.11 Å². The van der Waals surface area contributed by atoms with Crippen LogP contribution < -0.4 is 5.06 Å². The lowest BCUT2D eigenvalue weighted by Gasteiger charge is -2.25. The van der Waals surface area contributed by atoms with Crippen LogP contribution in [0.4, 0.5) is 5.69 Å². The number of nitrogens with zero attached hydrogens (tertiary/aromatic N) is 1. The summed E-state index contributed by atoms with van der Waals surface area (Å²) in [5.74, 6) is 0. The number of benzene rings is 1. The van der Waals surface area contributed by atoms with E-state index in [0.717, 1.165) is 10.6 Å². The van der Waals surface area contributed by atoms with Crippen LogP contribution in [0.15, 0.2) is 24.3 Å². The third-order valence-corrected chi connectivity index (χ3v) is 1.93. The first-order chi connectivity index (χ1) is 5.29. The molecule has 2 rings (SSSR count). The highest BCUT2D eigenvalue weighted by atomic mass is 16.5. The minimum atomic E-state index is -0.632. The third-order valence-electron chi connectivity index (χ3n) is 1.93. The number of fused-ring (bicyclic) bond motifs is 1. The van der Waals surface area contributed by atoms with Crippen LogP contribution in [-0.2, 0) is 6.42 Å². The number of para-hydroxylation sites is 1. The summed E-state index contributed by atoms with van der Waals surface area (Å²) in [5.41, 5.74) is 1.65. The van der Waals surface area contributed by atoms with Crippen LogP contribution in [0.5, 0.6) is 0 Å². The smallest absolute Gasteiger partial charge is 0.227 e. The molecule has 1 unspecified atom stereocenters. The summed E-state index contributed by atoms with van der Waals surface area (Å²) in [5, 5.41) is 19.2. The van der Waals surface area contributed by atoms with E-state index in [1.54, 1.807) is 6.07 Å². The number of hydroxylamine groups is 1. The van der Waals surface area contributed by atoms with E-state index in [0.29, 0.717) is 12.1 Å². The molecule has 1 aromatic carbocycles. The first-order valence-electron chi connectivity index (χ1n) is 3.54. The average molecular weight is 151 g/mol. The lowest BCUT2D eigenvalue weighted by molar-refractivity contribution is 0.189. The Balaban J connectivity index is 2.47. The van der Waals surface area contributed by atoms with Gasteiger partial charge in [-0.3, -0.25) is 0 Å². The fourth-order valence-electron chi connectivity index (χ4n) is 1.36. The van der Waals surface area contributed by atoms with Crippen molar-refractivity contribution in [1.82, 2.24) is 0 Å². The van der Waals surface area contributed by atoms with Crippen molar-refractivity contribution in [2.24, 2.45) is 0 Å². The molecule has 1 aliphatic rings. The van der Waals surface area contributed by atoms with Gasteiger partial charge >= 0.3 is 0 Å². The van der Waals surface area contributed by atoms with Gasteiger partial charge in [-0.2, -0.15) is 0 Å². The minimum Gasteiger partial charge on any atom is -0.753 e. The molecule has 0 fully saturated rings. The van der Waals surface area contributed by atoms with E-state index in [2.05, 4.69) is 0 Å². The number of hydrogen-bond acceptors (Lipinski definition) is 2. The van der Waals surface area contributed by atoms with E-state index < -0.39 is 6.23 Å². The Morgan fingerprint density at radius 1 is 1.45 bits per heavy atom. The van der Waals surface area contributed by atoms with Crippen LogP contribution >= 0.6 is 0 Å². The van der Waals surface area contributed by atoms with Crippen molar-refractivity contribution >= 4 is 5.69 Å². The molecule has 1 atom stereocenters. The Morgan fingerprint density at radius 2 is 2.18 bits per heavy atom. The van der Waals surface area contributed by atoms with Gasteiger partial charge in [0.2, 0.25) is 6.23 Å². The monoisotopic (exact) mass is 151 g/mol. The average Bonchev–Trinajstić information content (AvgIpc) is 2.30. The quantitative estimate of drug-likeness (QED) is 0.510. The first-order valence-corrected chi connectivity index (χ1v) is 3.54. The molecule has 3 nitrogen and oxygen atoms in total. The molecule has 2 N–H and O–H groups in total. The van der Waals surface area contributed by atoms with Gasteiger partial charge in [-0.15, -0.1) is 0 Å². The molecule has 1 aromatic rings. The summed E-state index contributed by atoms with van der Waals surface area (Å²) >= 11 is 0. The highest BCUT2D eigenvalue weighted by Crippen LogP contribution is 2.29. The maximum atomic E-state index is 11.1. The first kappa shape index (κ1) is 6.64.